The van der Waals surface area contributed by atoms with E-state index in [2.05, 4.69) is 4.74 Å². The van der Waals surface area contributed by atoms with Crippen molar-refractivity contribution < 1.29 is 23.1 Å². The van der Waals surface area contributed by atoms with Crippen LogP contribution < -0.4 is 0 Å². The van der Waals surface area contributed by atoms with Crippen LogP contribution in [-0.4, -0.2) is 68.5 Å². The van der Waals surface area contributed by atoms with Gasteiger partial charge in [0.2, 0.25) is 0 Å². The number of nitrogens with zero attached hydrogens (tertiary/aromatic N) is 2. The molecule has 1 fully saturated rings. The zero-order valence-electron chi connectivity index (χ0n) is 10.7. The maximum Gasteiger partial charge on any atom is 0.306 e. The van der Waals surface area contributed by atoms with Gasteiger partial charge in [-0.3, -0.25) is 4.79 Å². The van der Waals surface area contributed by atoms with Gasteiger partial charge in [-0.25, -0.2) is 0 Å². The van der Waals surface area contributed by atoms with Crippen LogP contribution in [0.4, 0.5) is 0 Å². The second kappa shape index (κ2) is 6.46. The van der Waals surface area contributed by atoms with Crippen LogP contribution in [-0.2, 0) is 19.7 Å². The largest absolute Gasteiger partial charge is 0.469 e. The smallest absolute Gasteiger partial charge is 0.306 e. The number of esters is 1. The third-order valence-electron chi connectivity index (χ3n) is 3.09. The van der Waals surface area contributed by atoms with E-state index in [0.717, 1.165) is 4.31 Å². The maximum absolute atomic E-state index is 12.1. The Hall–Kier alpha value is -0.700. The average Bonchev–Trinajstić information content (AvgIpc) is 2.84. The van der Waals surface area contributed by atoms with Gasteiger partial charge in [-0.2, -0.15) is 17.0 Å². The highest BCUT2D eigenvalue weighted by Gasteiger charge is 2.33. The van der Waals surface area contributed by atoms with E-state index in [0.29, 0.717) is 19.5 Å². The molecule has 1 heterocycles. The van der Waals surface area contributed by atoms with Gasteiger partial charge in [0.05, 0.1) is 13.5 Å². The SMILES string of the molecule is COC(=O)CCN(C)S(=O)(=O)N1CCC(CO)C1. The standard InChI is InChI=1S/C10H20N2O5S/c1-11(5-4-10(14)17-2)18(15,16)12-6-3-9(7-12)8-13/h9,13H,3-8H2,1-2H3. The van der Waals surface area contributed by atoms with Crippen LogP contribution in [0.1, 0.15) is 12.8 Å². The maximum atomic E-state index is 12.1. The lowest BCUT2D eigenvalue weighted by Crippen LogP contribution is -2.41. The zero-order valence-corrected chi connectivity index (χ0v) is 11.5. The van der Waals surface area contributed by atoms with Crippen LogP contribution >= 0.6 is 0 Å². The fourth-order valence-electron chi connectivity index (χ4n) is 1.82. The second-order valence-electron chi connectivity index (χ2n) is 4.35. The molecule has 1 unspecified atom stereocenters. The van der Waals surface area contributed by atoms with Crippen molar-refractivity contribution in [3.63, 3.8) is 0 Å². The van der Waals surface area contributed by atoms with E-state index in [4.69, 9.17) is 5.11 Å². The molecule has 0 radical (unpaired) electrons. The molecule has 0 aromatic carbocycles. The highest BCUT2D eigenvalue weighted by Crippen LogP contribution is 2.20. The minimum Gasteiger partial charge on any atom is -0.469 e. The van der Waals surface area contributed by atoms with Crippen molar-refractivity contribution in [2.45, 2.75) is 12.8 Å². The van der Waals surface area contributed by atoms with Gasteiger partial charge < -0.3 is 9.84 Å². The molecule has 18 heavy (non-hydrogen) atoms. The summed E-state index contributed by atoms with van der Waals surface area (Å²) in [5, 5.41) is 9.00. The lowest BCUT2D eigenvalue weighted by atomic mass is 10.1. The number of aliphatic hydroxyl groups is 1. The van der Waals surface area contributed by atoms with Crippen LogP contribution in [0.2, 0.25) is 0 Å². The summed E-state index contributed by atoms with van der Waals surface area (Å²) in [6, 6.07) is 0. The Bertz CT molecular complexity index is 384. The van der Waals surface area contributed by atoms with Crippen molar-refractivity contribution in [3.8, 4) is 0 Å². The highest BCUT2D eigenvalue weighted by molar-refractivity contribution is 7.86. The lowest BCUT2D eigenvalue weighted by molar-refractivity contribution is -0.140. The second-order valence-corrected chi connectivity index (χ2v) is 6.39. The number of ether oxygens (including phenoxy) is 1. The Morgan fingerprint density at radius 2 is 2.22 bits per heavy atom. The summed E-state index contributed by atoms with van der Waals surface area (Å²) in [7, 11) is -0.836. The van der Waals surface area contributed by atoms with E-state index >= 15 is 0 Å². The van der Waals surface area contributed by atoms with E-state index in [1.165, 1.54) is 18.5 Å². The summed E-state index contributed by atoms with van der Waals surface area (Å²) in [4.78, 5) is 11.0. The van der Waals surface area contributed by atoms with E-state index in [1.807, 2.05) is 0 Å². The number of carbonyl (C=O) groups is 1. The van der Waals surface area contributed by atoms with Gasteiger partial charge in [0, 0.05) is 33.3 Å². The fraction of sp³-hybridized carbons (Fsp3) is 0.900. The van der Waals surface area contributed by atoms with E-state index in [-0.39, 0.29) is 25.5 Å². The van der Waals surface area contributed by atoms with Gasteiger partial charge in [-0.15, -0.1) is 0 Å². The van der Waals surface area contributed by atoms with Gasteiger partial charge >= 0.3 is 5.97 Å². The van der Waals surface area contributed by atoms with Crippen LogP contribution in [0.5, 0.6) is 0 Å². The number of hydrogen-bond donors (Lipinski definition) is 1. The number of aliphatic hydroxyl groups excluding tert-OH is 1. The Labute approximate surface area is 108 Å². The first-order chi connectivity index (χ1) is 8.41. The Morgan fingerprint density at radius 3 is 2.72 bits per heavy atom. The molecule has 0 aromatic heterocycles. The van der Waals surface area contributed by atoms with Crippen molar-refractivity contribution in [3.05, 3.63) is 0 Å². The predicted octanol–water partition coefficient (Wildman–Crippen LogP) is -0.960. The Balaban J connectivity index is 2.55. The van der Waals surface area contributed by atoms with Crippen LogP contribution in [0.3, 0.4) is 0 Å². The molecule has 0 bridgehead atoms. The van der Waals surface area contributed by atoms with E-state index in [1.54, 1.807) is 0 Å². The molecular weight excluding hydrogens is 260 g/mol. The molecule has 1 rings (SSSR count). The van der Waals surface area contributed by atoms with Crippen molar-refractivity contribution >= 4 is 16.2 Å². The van der Waals surface area contributed by atoms with Crippen molar-refractivity contribution in [2.24, 2.45) is 5.92 Å². The minimum atomic E-state index is -3.54. The van der Waals surface area contributed by atoms with Crippen molar-refractivity contribution in [2.75, 3.05) is 40.4 Å². The van der Waals surface area contributed by atoms with Gasteiger partial charge in [0.1, 0.15) is 0 Å². The molecule has 1 saturated heterocycles. The fourth-order valence-corrected chi connectivity index (χ4v) is 3.27. The van der Waals surface area contributed by atoms with Gasteiger partial charge in [-0.05, 0) is 12.3 Å². The first-order valence-corrected chi connectivity index (χ1v) is 7.20. The summed E-state index contributed by atoms with van der Waals surface area (Å²) < 4.78 is 31.2. The topological polar surface area (TPSA) is 87.2 Å². The lowest BCUT2D eigenvalue weighted by Gasteiger charge is -2.23. The summed E-state index contributed by atoms with van der Waals surface area (Å²) in [6.07, 6.45) is 0.698. The molecule has 0 aromatic rings. The molecule has 0 aliphatic carbocycles. The third-order valence-corrected chi connectivity index (χ3v) is 5.04. The quantitative estimate of drug-likeness (QED) is 0.633. The summed E-state index contributed by atoms with van der Waals surface area (Å²) in [5.74, 6) is -0.430. The van der Waals surface area contributed by atoms with Gasteiger partial charge in [0.25, 0.3) is 10.2 Å². The zero-order chi connectivity index (χ0) is 13.8. The molecule has 0 saturated carbocycles. The molecule has 106 valence electrons. The monoisotopic (exact) mass is 280 g/mol. The molecule has 7 nitrogen and oxygen atoms in total. The van der Waals surface area contributed by atoms with E-state index in [9.17, 15) is 13.2 Å². The Kier molecular flexibility index (Phi) is 5.51. The van der Waals surface area contributed by atoms with Crippen molar-refractivity contribution in [1.82, 2.24) is 8.61 Å². The molecule has 1 aliphatic heterocycles. The molecule has 0 amide bonds. The minimum absolute atomic E-state index is 0.00209. The van der Waals surface area contributed by atoms with Crippen LogP contribution in [0, 0.1) is 5.92 Å². The molecule has 1 N–H and O–H groups in total. The normalized spacial score (nSPS) is 21.4. The molecule has 1 atom stereocenters. The van der Waals surface area contributed by atoms with E-state index < -0.39 is 16.2 Å². The van der Waals surface area contributed by atoms with Gasteiger partial charge in [-0.1, -0.05) is 0 Å². The molecule has 1 aliphatic rings. The first-order valence-electron chi connectivity index (χ1n) is 5.81. The number of rotatable bonds is 6. The number of hydrogen-bond acceptors (Lipinski definition) is 5. The highest BCUT2D eigenvalue weighted by atomic mass is 32.2. The van der Waals surface area contributed by atoms with Gasteiger partial charge in [0.15, 0.2) is 0 Å². The summed E-state index contributed by atoms with van der Waals surface area (Å²) in [5.41, 5.74) is 0. The third kappa shape index (κ3) is 3.64. The number of carbonyl (C=O) groups excluding carboxylic acids is 1. The number of methoxy groups -OCH3 is 1. The molecule has 8 heteroatoms. The summed E-state index contributed by atoms with van der Waals surface area (Å²) >= 11 is 0. The van der Waals surface area contributed by atoms with Crippen LogP contribution in [0.25, 0.3) is 0 Å². The molecular formula is C10H20N2O5S. The average molecular weight is 280 g/mol. The molecule has 0 spiro atoms. The van der Waals surface area contributed by atoms with Crippen molar-refractivity contribution in [1.29, 1.82) is 0 Å². The Morgan fingerprint density at radius 1 is 1.56 bits per heavy atom. The van der Waals surface area contributed by atoms with Crippen LogP contribution in [0.15, 0.2) is 0 Å². The summed E-state index contributed by atoms with van der Waals surface area (Å²) in [6.45, 7) is 0.838. The predicted molar refractivity (Wildman–Crippen MR) is 64.9 cm³/mol. The first kappa shape index (κ1) is 15.4.